The molecule has 5 rings (SSSR count). The summed E-state index contributed by atoms with van der Waals surface area (Å²) >= 11 is 0. The van der Waals surface area contributed by atoms with Crippen LogP contribution in [0, 0.1) is 22.7 Å². The van der Waals surface area contributed by atoms with Crippen molar-refractivity contribution >= 4 is 22.6 Å². The Morgan fingerprint density at radius 2 is 1.78 bits per heavy atom. The van der Waals surface area contributed by atoms with Gasteiger partial charge in [0.15, 0.2) is 0 Å². The Morgan fingerprint density at radius 1 is 1.00 bits per heavy atom. The van der Waals surface area contributed by atoms with Crippen LogP contribution in [0.25, 0.3) is 11.0 Å². The van der Waals surface area contributed by atoms with Crippen molar-refractivity contribution in [1.29, 1.82) is 10.5 Å². The van der Waals surface area contributed by atoms with Crippen LogP contribution in [0.1, 0.15) is 52.1 Å². The van der Waals surface area contributed by atoms with E-state index < -0.39 is 0 Å². The van der Waals surface area contributed by atoms with Crippen molar-refractivity contribution in [3.63, 3.8) is 0 Å². The van der Waals surface area contributed by atoms with Gasteiger partial charge in [-0.25, -0.2) is 4.98 Å². The maximum absolute atomic E-state index is 12.6. The Morgan fingerprint density at radius 3 is 2.47 bits per heavy atom. The molecule has 3 aromatic carbocycles. The summed E-state index contributed by atoms with van der Waals surface area (Å²) in [6.07, 6.45) is 3.05. The van der Waals surface area contributed by atoms with E-state index in [0.717, 1.165) is 36.2 Å². The standard InChI is InChI=1S/C26H19N5O/c27-15-17-4-1-5-18(14-17)24(32)29-21-10-8-20(9-11-21)26(12-3-13-26)25-30-22-7-2-6-19(16-28)23(22)31-25/h1-2,4-11,14H,3,12-13H2,(H,29,32)(H,30,31). The lowest BCUT2D eigenvalue weighted by atomic mass is 9.64. The topological polar surface area (TPSA) is 105 Å². The molecule has 1 fully saturated rings. The number of nitrogens with zero attached hydrogens (tertiary/aromatic N) is 3. The van der Waals surface area contributed by atoms with Crippen molar-refractivity contribution in [2.45, 2.75) is 24.7 Å². The van der Waals surface area contributed by atoms with E-state index in [1.165, 1.54) is 0 Å². The highest BCUT2D eigenvalue weighted by Gasteiger charge is 2.43. The minimum atomic E-state index is -0.255. The molecule has 1 aliphatic carbocycles. The van der Waals surface area contributed by atoms with Gasteiger partial charge in [-0.2, -0.15) is 10.5 Å². The number of benzene rings is 3. The van der Waals surface area contributed by atoms with Gasteiger partial charge in [0.05, 0.1) is 28.1 Å². The molecular formula is C26H19N5O. The zero-order valence-electron chi connectivity index (χ0n) is 17.2. The number of H-pyrrole nitrogens is 1. The number of anilines is 1. The summed E-state index contributed by atoms with van der Waals surface area (Å²) in [5, 5.41) is 21.3. The van der Waals surface area contributed by atoms with Gasteiger partial charge in [0.25, 0.3) is 5.91 Å². The predicted octanol–water partition coefficient (Wildman–Crippen LogP) is 5.03. The van der Waals surface area contributed by atoms with E-state index in [9.17, 15) is 10.1 Å². The lowest BCUT2D eigenvalue weighted by molar-refractivity contribution is 0.102. The van der Waals surface area contributed by atoms with Crippen LogP contribution in [0.4, 0.5) is 5.69 Å². The number of rotatable bonds is 4. The Hall–Kier alpha value is -4.42. The number of nitrogens with one attached hydrogen (secondary N) is 2. The predicted molar refractivity (Wildman–Crippen MR) is 121 cm³/mol. The number of amides is 1. The quantitative estimate of drug-likeness (QED) is 0.486. The Labute approximate surface area is 185 Å². The minimum absolute atomic E-state index is 0.213. The molecular weight excluding hydrogens is 398 g/mol. The van der Waals surface area contributed by atoms with Crippen LogP contribution < -0.4 is 5.32 Å². The van der Waals surface area contributed by atoms with Gasteiger partial charge in [0, 0.05) is 11.3 Å². The molecule has 32 heavy (non-hydrogen) atoms. The fourth-order valence-corrected chi connectivity index (χ4v) is 4.35. The summed E-state index contributed by atoms with van der Waals surface area (Å²) in [6, 6.07) is 24.3. The average molecular weight is 417 g/mol. The molecule has 0 aliphatic heterocycles. The van der Waals surface area contributed by atoms with Gasteiger partial charge in [0.1, 0.15) is 17.4 Å². The van der Waals surface area contributed by atoms with E-state index >= 15 is 0 Å². The van der Waals surface area contributed by atoms with Crippen LogP contribution in [0.15, 0.2) is 66.7 Å². The van der Waals surface area contributed by atoms with E-state index in [4.69, 9.17) is 10.2 Å². The number of nitriles is 2. The third-order valence-corrected chi connectivity index (χ3v) is 6.24. The van der Waals surface area contributed by atoms with E-state index in [2.05, 4.69) is 16.4 Å². The summed E-state index contributed by atoms with van der Waals surface area (Å²) in [4.78, 5) is 20.8. The molecule has 0 spiro atoms. The molecule has 6 nitrogen and oxygen atoms in total. The molecule has 2 N–H and O–H groups in total. The number of carbonyl (C=O) groups excluding carboxylic acids is 1. The highest BCUT2D eigenvalue weighted by molar-refractivity contribution is 6.04. The van der Waals surface area contributed by atoms with Crippen LogP contribution in [-0.4, -0.2) is 15.9 Å². The number of para-hydroxylation sites is 1. The van der Waals surface area contributed by atoms with Crippen LogP contribution in [0.2, 0.25) is 0 Å². The molecule has 0 bridgehead atoms. The van der Waals surface area contributed by atoms with Crippen molar-refractivity contribution < 1.29 is 4.79 Å². The largest absolute Gasteiger partial charge is 0.341 e. The molecule has 0 atom stereocenters. The second kappa shape index (κ2) is 7.68. The molecule has 1 amide bonds. The zero-order valence-corrected chi connectivity index (χ0v) is 17.2. The van der Waals surface area contributed by atoms with Crippen molar-refractivity contribution in [3.05, 3.63) is 94.8 Å². The van der Waals surface area contributed by atoms with E-state index in [1.807, 2.05) is 42.5 Å². The van der Waals surface area contributed by atoms with Gasteiger partial charge >= 0.3 is 0 Å². The maximum atomic E-state index is 12.6. The lowest BCUT2D eigenvalue weighted by Gasteiger charge is -2.40. The van der Waals surface area contributed by atoms with Crippen LogP contribution in [0.3, 0.4) is 0 Å². The molecule has 0 radical (unpaired) electrons. The number of aromatic nitrogens is 2. The lowest BCUT2D eigenvalue weighted by Crippen LogP contribution is -2.36. The first-order valence-corrected chi connectivity index (χ1v) is 10.4. The molecule has 154 valence electrons. The van der Waals surface area contributed by atoms with Gasteiger partial charge in [-0.3, -0.25) is 4.79 Å². The summed E-state index contributed by atoms with van der Waals surface area (Å²) in [6.45, 7) is 0. The van der Waals surface area contributed by atoms with Gasteiger partial charge in [-0.1, -0.05) is 30.7 Å². The van der Waals surface area contributed by atoms with E-state index in [0.29, 0.717) is 27.9 Å². The normalized spacial score (nSPS) is 14.2. The second-order valence-electron chi connectivity index (χ2n) is 8.06. The molecule has 0 saturated heterocycles. The second-order valence-corrected chi connectivity index (χ2v) is 8.06. The van der Waals surface area contributed by atoms with Crippen LogP contribution in [-0.2, 0) is 5.41 Å². The first kappa shape index (κ1) is 19.5. The highest BCUT2D eigenvalue weighted by atomic mass is 16.1. The van der Waals surface area contributed by atoms with Crippen LogP contribution >= 0.6 is 0 Å². The highest BCUT2D eigenvalue weighted by Crippen LogP contribution is 2.48. The Bertz CT molecular complexity index is 1420. The van der Waals surface area contributed by atoms with Crippen molar-refractivity contribution in [3.8, 4) is 12.1 Å². The minimum Gasteiger partial charge on any atom is -0.341 e. The van der Waals surface area contributed by atoms with Gasteiger partial charge in [-0.15, -0.1) is 0 Å². The first-order valence-electron chi connectivity index (χ1n) is 10.4. The molecule has 6 heteroatoms. The fraction of sp³-hybridized carbons (Fsp3) is 0.154. The maximum Gasteiger partial charge on any atom is 0.255 e. The monoisotopic (exact) mass is 417 g/mol. The smallest absolute Gasteiger partial charge is 0.255 e. The zero-order chi connectivity index (χ0) is 22.1. The first-order chi connectivity index (χ1) is 15.6. The number of carbonyl (C=O) groups is 1. The van der Waals surface area contributed by atoms with Gasteiger partial charge in [0.2, 0.25) is 0 Å². The summed E-state index contributed by atoms with van der Waals surface area (Å²) in [7, 11) is 0. The molecule has 1 aliphatic rings. The third-order valence-electron chi connectivity index (χ3n) is 6.24. The van der Waals surface area contributed by atoms with Crippen LogP contribution in [0.5, 0.6) is 0 Å². The molecule has 1 saturated carbocycles. The number of aromatic amines is 1. The molecule has 1 aromatic heterocycles. The average Bonchev–Trinajstić information content (AvgIpc) is 3.24. The number of fused-ring (bicyclic) bond motifs is 1. The Balaban J connectivity index is 1.42. The van der Waals surface area contributed by atoms with Gasteiger partial charge in [-0.05, 0) is 60.9 Å². The third kappa shape index (κ3) is 3.19. The molecule has 4 aromatic rings. The Kier molecular flexibility index (Phi) is 4.69. The number of hydrogen-bond acceptors (Lipinski definition) is 4. The number of imidazole rings is 1. The molecule has 1 heterocycles. The molecule has 0 unspecified atom stereocenters. The van der Waals surface area contributed by atoms with Gasteiger partial charge < -0.3 is 10.3 Å². The van der Waals surface area contributed by atoms with E-state index in [-0.39, 0.29) is 11.3 Å². The summed E-state index contributed by atoms with van der Waals surface area (Å²) < 4.78 is 0. The van der Waals surface area contributed by atoms with E-state index in [1.54, 1.807) is 30.3 Å². The summed E-state index contributed by atoms with van der Waals surface area (Å²) in [5.41, 5.74) is 4.64. The van der Waals surface area contributed by atoms with Crippen molar-refractivity contribution in [1.82, 2.24) is 9.97 Å². The SMILES string of the molecule is N#Cc1cccc(C(=O)Nc2ccc(C3(c4nc5c(C#N)cccc5[nH]4)CCC3)cc2)c1. The van der Waals surface area contributed by atoms with Crippen molar-refractivity contribution in [2.75, 3.05) is 5.32 Å². The van der Waals surface area contributed by atoms with Crippen molar-refractivity contribution in [2.24, 2.45) is 0 Å². The fourth-order valence-electron chi connectivity index (χ4n) is 4.35. The summed E-state index contributed by atoms with van der Waals surface area (Å²) in [5.74, 6) is 0.626. The number of hydrogen-bond donors (Lipinski definition) is 2.